The molecule has 1 fully saturated rings. The molecule has 0 radical (unpaired) electrons. The molecule has 1 aromatic heterocycles. The lowest BCUT2D eigenvalue weighted by Crippen LogP contribution is -2.43. The summed E-state index contributed by atoms with van der Waals surface area (Å²) in [6.45, 7) is 4.91. The van der Waals surface area contributed by atoms with Crippen molar-refractivity contribution in [1.82, 2.24) is 14.9 Å². The van der Waals surface area contributed by atoms with Crippen LogP contribution in [0, 0.1) is 16.6 Å². The molecule has 1 aliphatic rings. The van der Waals surface area contributed by atoms with Gasteiger partial charge in [0.2, 0.25) is 5.91 Å². The van der Waals surface area contributed by atoms with Crippen molar-refractivity contribution < 1.29 is 4.79 Å². The number of H-pyrrole nitrogens is 1. The summed E-state index contributed by atoms with van der Waals surface area (Å²) in [7, 11) is 0. The Kier molecular flexibility index (Phi) is 6.52. The van der Waals surface area contributed by atoms with E-state index in [9.17, 15) is 9.59 Å². The van der Waals surface area contributed by atoms with Gasteiger partial charge in [0.05, 0.1) is 10.9 Å². The molecule has 146 valence electrons. The van der Waals surface area contributed by atoms with Crippen LogP contribution in [0.25, 0.3) is 10.9 Å². The molecule has 1 saturated carbocycles. The molecule has 0 saturated heterocycles. The van der Waals surface area contributed by atoms with Gasteiger partial charge in [-0.3, -0.25) is 14.2 Å². The molecule has 2 aromatic rings. The molecule has 1 aliphatic carbocycles. The number of fused-ring (bicyclic) bond motifs is 1. The number of rotatable bonds is 5. The van der Waals surface area contributed by atoms with E-state index in [-0.39, 0.29) is 17.5 Å². The number of hydrogen-bond acceptors (Lipinski definition) is 3. The van der Waals surface area contributed by atoms with Gasteiger partial charge in [-0.2, -0.15) is 0 Å². The second-order valence-corrected chi connectivity index (χ2v) is 8.92. The summed E-state index contributed by atoms with van der Waals surface area (Å²) >= 11 is 8.73. The third-order valence-corrected chi connectivity index (χ3v) is 6.60. The molecule has 1 heterocycles. The zero-order valence-electron chi connectivity index (χ0n) is 15.8. The summed E-state index contributed by atoms with van der Waals surface area (Å²) in [6, 6.07) is 5.76. The topological polar surface area (TPSA) is 66.9 Å². The van der Waals surface area contributed by atoms with Crippen LogP contribution in [-0.4, -0.2) is 21.5 Å². The molecule has 2 N–H and O–H groups in total. The van der Waals surface area contributed by atoms with E-state index in [2.05, 4.69) is 40.1 Å². The molecule has 7 heteroatoms. The van der Waals surface area contributed by atoms with Gasteiger partial charge in [0.15, 0.2) is 4.77 Å². The maximum absolute atomic E-state index is 12.7. The quantitative estimate of drug-likeness (QED) is 0.655. The second-order valence-electron chi connectivity index (χ2n) is 7.62. The summed E-state index contributed by atoms with van der Waals surface area (Å²) in [5, 5.41) is 3.78. The number of carbonyl (C=O) groups is 1. The highest BCUT2D eigenvalue weighted by atomic mass is 79.9. The number of carbonyl (C=O) groups excluding carboxylic acids is 1. The number of aromatic amines is 1. The van der Waals surface area contributed by atoms with Crippen LogP contribution in [0.1, 0.15) is 46.0 Å². The Morgan fingerprint density at radius 1 is 1.37 bits per heavy atom. The average molecular weight is 452 g/mol. The van der Waals surface area contributed by atoms with Gasteiger partial charge in [-0.05, 0) is 55.1 Å². The Morgan fingerprint density at radius 2 is 2.15 bits per heavy atom. The highest BCUT2D eigenvalue weighted by Gasteiger charge is 2.27. The SMILES string of the molecule is C[C@H]1[C@H](C)CCC[C@@H]1NC(=O)CCCn1c(=S)[nH]c2ccc(Br)cc2c1=O. The van der Waals surface area contributed by atoms with Crippen LogP contribution >= 0.6 is 28.1 Å². The minimum absolute atomic E-state index is 0.0624. The fourth-order valence-electron chi connectivity index (χ4n) is 3.89. The zero-order valence-corrected chi connectivity index (χ0v) is 18.2. The lowest BCUT2D eigenvalue weighted by molar-refractivity contribution is -0.122. The van der Waals surface area contributed by atoms with E-state index < -0.39 is 0 Å². The molecule has 1 amide bonds. The van der Waals surface area contributed by atoms with Crippen LogP contribution < -0.4 is 10.9 Å². The Hall–Kier alpha value is -1.47. The van der Waals surface area contributed by atoms with E-state index in [0.29, 0.717) is 41.4 Å². The van der Waals surface area contributed by atoms with Crippen molar-refractivity contribution in [3.63, 3.8) is 0 Å². The predicted molar refractivity (Wildman–Crippen MR) is 114 cm³/mol. The summed E-state index contributed by atoms with van der Waals surface area (Å²) in [6.07, 6.45) is 4.45. The van der Waals surface area contributed by atoms with Crippen molar-refractivity contribution in [2.45, 2.75) is 58.5 Å². The number of halogens is 1. The Balaban J connectivity index is 1.63. The molecule has 0 spiro atoms. The average Bonchev–Trinajstić information content (AvgIpc) is 2.62. The van der Waals surface area contributed by atoms with Crippen molar-refractivity contribution in [3.8, 4) is 0 Å². The van der Waals surface area contributed by atoms with Crippen molar-refractivity contribution in [1.29, 1.82) is 0 Å². The lowest BCUT2D eigenvalue weighted by atomic mass is 9.78. The lowest BCUT2D eigenvalue weighted by Gasteiger charge is -2.34. The standard InChI is InChI=1S/C20H26BrN3O2S/c1-12-5-3-6-16(13(12)2)22-18(25)7-4-10-24-19(26)15-11-14(21)8-9-17(15)23-20(24)27/h8-9,11-13,16H,3-7,10H2,1-2H3,(H,22,25)(H,23,27)/t12-,13+,16+/m1/s1. The van der Waals surface area contributed by atoms with E-state index in [1.54, 1.807) is 10.6 Å². The first-order valence-corrected chi connectivity index (χ1v) is 10.8. The van der Waals surface area contributed by atoms with Crippen molar-refractivity contribution >= 4 is 45.0 Å². The van der Waals surface area contributed by atoms with Crippen LogP contribution in [0.2, 0.25) is 0 Å². The summed E-state index contributed by atoms with van der Waals surface area (Å²) in [5.41, 5.74) is 0.604. The van der Waals surface area contributed by atoms with Crippen molar-refractivity contribution in [3.05, 3.63) is 37.8 Å². The van der Waals surface area contributed by atoms with E-state index >= 15 is 0 Å². The first kappa shape index (κ1) is 20.3. The first-order valence-electron chi connectivity index (χ1n) is 9.58. The van der Waals surface area contributed by atoms with Gasteiger partial charge in [0, 0.05) is 23.5 Å². The highest BCUT2D eigenvalue weighted by Crippen LogP contribution is 2.29. The summed E-state index contributed by atoms with van der Waals surface area (Å²) in [4.78, 5) is 28.2. The van der Waals surface area contributed by atoms with Crippen LogP contribution in [0.3, 0.4) is 0 Å². The molecule has 0 bridgehead atoms. The van der Waals surface area contributed by atoms with Gasteiger partial charge < -0.3 is 10.3 Å². The van der Waals surface area contributed by atoms with Gasteiger partial charge in [0.1, 0.15) is 0 Å². The molecular formula is C20H26BrN3O2S. The Labute approximate surface area is 172 Å². The van der Waals surface area contributed by atoms with E-state index in [0.717, 1.165) is 16.4 Å². The first-order chi connectivity index (χ1) is 12.9. The van der Waals surface area contributed by atoms with Crippen molar-refractivity contribution in [2.24, 2.45) is 11.8 Å². The molecule has 0 unspecified atom stereocenters. The maximum atomic E-state index is 12.7. The Bertz CT molecular complexity index is 952. The number of aromatic nitrogens is 2. The predicted octanol–water partition coefficient (Wildman–Crippen LogP) is 4.54. The van der Waals surface area contributed by atoms with Crippen molar-refractivity contribution in [2.75, 3.05) is 0 Å². The Morgan fingerprint density at radius 3 is 2.93 bits per heavy atom. The molecular weight excluding hydrogens is 426 g/mol. The van der Waals surface area contributed by atoms with Gasteiger partial charge in [-0.25, -0.2) is 0 Å². The molecule has 3 rings (SSSR count). The fraction of sp³-hybridized carbons (Fsp3) is 0.550. The van der Waals surface area contributed by atoms with Gasteiger partial charge in [-0.15, -0.1) is 0 Å². The smallest absolute Gasteiger partial charge is 0.262 e. The summed E-state index contributed by atoms with van der Waals surface area (Å²) in [5.74, 6) is 1.23. The minimum atomic E-state index is -0.120. The van der Waals surface area contributed by atoms with Gasteiger partial charge in [0.25, 0.3) is 5.56 Å². The molecule has 3 atom stereocenters. The van der Waals surface area contributed by atoms with Crippen LogP contribution in [0.5, 0.6) is 0 Å². The van der Waals surface area contributed by atoms with Crippen LogP contribution in [-0.2, 0) is 11.3 Å². The van der Waals surface area contributed by atoms with Crippen LogP contribution in [0.15, 0.2) is 27.5 Å². The summed E-state index contributed by atoms with van der Waals surface area (Å²) < 4.78 is 2.78. The number of nitrogens with zero attached hydrogens (tertiary/aromatic N) is 1. The molecule has 1 aromatic carbocycles. The number of benzene rings is 1. The highest BCUT2D eigenvalue weighted by molar-refractivity contribution is 9.10. The molecule has 27 heavy (non-hydrogen) atoms. The van der Waals surface area contributed by atoms with Gasteiger partial charge >= 0.3 is 0 Å². The normalized spacial score (nSPS) is 22.7. The second kappa shape index (κ2) is 8.69. The fourth-order valence-corrected chi connectivity index (χ4v) is 4.53. The number of hydrogen-bond donors (Lipinski definition) is 2. The van der Waals surface area contributed by atoms with E-state index in [4.69, 9.17) is 12.2 Å². The third-order valence-electron chi connectivity index (χ3n) is 5.78. The largest absolute Gasteiger partial charge is 0.353 e. The number of nitrogens with one attached hydrogen (secondary N) is 2. The van der Waals surface area contributed by atoms with Crippen LogP contribution in [0.4, 0.5) is 0 Å². The minimum Gasteiger partial charge on any atom is -0.353 e. The maximum Gasteiger partial charge on any atom is 0.262 e. The third kappa shape index (κ3) is 4.69. The zero-order chi connectivity index (χ0) is 19.6. The molecule has 5 nitrogen and oxygen atoms in total. The van der Waals surface area contributed by atoms with E-state index in [1.165, 1.54) is 12.8 Å². The van der Waals surface area contributed by atoms with E-state index in [1.807, 2.05) is 12.1 Å². The monoisotopic (exact) mass is 451 g/mol. The van der Waals surface area contributed by atoms with Gasteiger partial charge in [-0.1, -0.05) is 42.6 Å². The number of amides is 1. The molecule has 0 aliphatic heterocycles.